The van der Waals surface area contributed by atoms with Gasteiger partial charge in [-0.25, -0.2) is 9.78 Å². The lowest BCUT2D eigenvalue weighted by atomic mass is 10.0. The molecule has 1 aliphatic heterocycles. The highest BCUT2D eigenvalue weighted by molar-refractivity contribution is 7.21. The van der Waals surface area contributed by atoms with E-state index in [0.717, 1.165) is 58.7 Å². The van der Waals surface area contributed by atoms with Crippen LogP contribution in [0.25, 0.3) is 21.3 Å². The molecule has 3 aromatic rings. The minimum absolute atomic E-state index is 0.243. The summed E-state index contributed by atoms with van der Waals surface area (Å²) in [7, 11) is 2.13. The Balaban J connectivity index is 1.65. The molecule has 29 heavy (non-hydrogen) atoms. The summed E-state index contributed by atoms with van der Waals surface area (Å²) in [6, 6.07) is 11.8. The zero-order chi connectivity index (χ0) is 20.5. The van der Waals surface area contributed by atoms with E-state index >= 15 is 0 Å². The quantitative estimate of drug-likeness (QED) is 0.622. The second kappa shape index (κ2) is 8.13. The summed E-state index contributed by atoms with van der Waals surface area (Å²) < 4.78 is 6.13. The lowest BCUT2D eigenvalue weighted by Crippen LogP contribution is -2.35. The Bertz CT molecular complexity index is 1020. The summed E-state index contributed by atoms with van der Waals surface area (Å²) >= 11 is 1.24. The third-order valence-electron chi connectivity index (χ3n) is 5.47. The van der Waals surface area contributed by atoms with Gasteiger partial charge in [0.25, 0.3) is 0 Å². The molecule has 0 bridgehead atoms. The van der Waals surface area contributed by atoms with Crippen molar-refractivity contribution in [2.24, 2.45) is 0 Å². The molecule has 0 spiro atoms. The Hall–Kier alpha value is -2.44. The minimum atomic E-state index is -0.916. The average Bonchev–Trinajstić information content (AvgIpc) is 3.09. The zero-order valence-corrected chi connectivity index (χ0v) is 17.8. The highest BCUT2D eigenvalue weighted by Crippen LogP contribution is 2.39. The van der Waals surface area contributed by atoms with Crippen LogP contribution in [0.1, 0.15) is 48.0 Å². The first kappa shape index (κ1) is 19.9. The number of piperidine rings is 1. The van der Waals surface area contributed by atoms with Gasteiger partial charge in [0, 0.05) is 29.7 Å². The molecule has 0 saturated carbocycles. The van der Waals surface area contributed by atoms with Gasteiger partial charge in [0.15, 0.2) is 0 Å². The van der Waals surface area contributed by atoms with E-state index in [9.17, 15) is 9.90 Å². The molecule has 2 aromatic heterocycles. The van der Waals surface area contributed by atoms with Gasteiger partial charge < -0.3 is 14.7 Å². The van der Waals surface area contributed by atoms with Crippen LogP contribution in [-0.2, 0) is 0 Å². The number of ether oxygens (including phenoxy) is 1. The first-order valence-electron chi connectivity index (χ1n) is 10.0. The maximum absolute atomic E-state index is 11.9. The molecular formula is C23H26N2O3S. The van der Waals surface area contributed by atoms with Gasteiger partial charge in [-0.15, -0.1) is 11.3 Å². The monoisotopic (exact) mass is 410 g/mol. The molecule has 1 fully saturated rings. The normalized spacial score (nSPS) is 15.9. The third kappa shape index (κ3) is 4.14. The number of rotatable bonds is 5. The molecule has 4 rings (SSSR count). The second-order valence-corrected chi connectivity index (χ2v) is 9.00. The number of hydrogen-bond acceptors (Lipinski definition) is 5. The first-order valence-corrected chi connectivity index (χ1v) is 10.9. The van der Waals surface area contributed by atoms with Crippen LogP contribution in [0.2, 0.25) is 0 Å². The molecule has 0 radical (unpaired) electrons. The van der Waals surface area contributed by atoms with Crippen molar-refractivity contribution < 1.29 is 14.6 Å². The molecule has 0 atom stereocenters. The van der Waals surface area contributed by atoms with Gasteiger partial charge >= 0.3 is 5.97 Å². The fourth-order valence-corrected chi connectivity index (χ4v) is 4.79. The molecule has 1 N–H and O–H groups in total. The second-order valence-electron chi connectivity index (χ2n) is 8.00. The van der Waals surface area contributed by atoms with Gasteiger partial charge in [-0.2, -0.15) is 0 Å². The topological polar surface area (TPSA) is 62.7 Å². The summed E-state index contributed by atoms with van der Waals surface area (Å²) in [5.74, 6) is 0.218. The molecular weight excluding hydrogens is 384 g/mol. The maximum atomic E-state index is 11.9. The summed E-state index contributed by atoms with van der Waals surface area (Å²) in [6.45, 7) is 6.28. The Morgan fingerprint density at radius 1 is 1.17 bits per heavy atom. The number of nitrogens with zero attached hydrogens (tertiary/aromatic N) is 2. The van der Waals surface area contributed by atoms with Crippen LogP contribution < -0.4 is 4.74 Å². The smallest absolute Gasteiger partial charge is 0.346 e. The average molecular weight is 411 g/mol. The number of carboxylic acid groups (broad SMARTS) is 1. The number of fused-ring (bicyclic) bond motifs is 1. The van der Waals surface area contributed by atoms with Gasteiger partial charge in [-0.05, 0) is 55.6 Å². The van der Waals surface area contributed by atoms with Crippen molar-refractivity contribution in [3.05, 3.63) is 47.0 Å². The number of carbonyl (C=O) groups is 1. The minimum Gasteiger partial charge on any atom is -0.490 e. The van der Waals surface area contributed by atoms with Crippen molar-refractivity contribution in [1.29, 1.82) is 0 Å². The molecule has 1 saturated heterocycles. The van der Waals surface area contributed by atoms with Crippen molar-refractivity contribution in [2.45, 2.75) is 38.7 Å². The van der Waals surface area contributed by atoms with E-state index in [1.54, 1.807) is 0 Å². The molecule has 152 valence electrons. The van der Waals surface area contributed by atoms with Crippen molar-refractivity contribution in [1.82, 2.24) is 9.88 Å². The van der Waals surface area contributed by atoms with E-state index in [2.05, 4.69) is 25.8 Å². The largest absolute Gasteiger partial charge is 0.490 e. The number of benzene rings is 1. The number of likely N-dealkylation sites (tertiary alicyclic amines) is 1. The van der Waals surface area contributed by atoms with Gasteiger partial charge in [-0.1, -0.05) is 26.0 Å². The number of hydrogen-bond donors (Lipinski definition) is 1. The van der Waals surface area contributed by atoms with E-state index in [-0.39, 0.29) is 6.10 Å². The number of aromatic nitrogens is 1. The number of carboxylic acids is 1. The van der Waals surface area contributed by atoms with Crippen molar-refractivity contribution >= 4 is 27.5 Å². The summed E-state index contributed by atoms with van der Waals surface area (Å²) in [5.41, 5.74) is 2.60. The van der Waals surface area contributed by atoms with Gasteiger partial charge in [0.2, 0.25) is 0 Å². The predicted octanol–water partition coefficient (Wildman–Crippen LogP) is 5.26. The summed E-state index contributed by atoms with van der Waals surface area (Å²) in [4.78, 5) is 20.0. The van der Waals surface area contributed by atoms with Gasteiger partial charge in [0.05, 0.1) is 0 Å². The van der Waals surface area contributed by atoms with Crippen LogP contribution in [-0.4, -0.2) is 47.2 Å². The zero-order valence-electron chi connectivity index (χ0n) is 17.0. The number of pyridine rings is 1. The Labute approximate surface area is 175 Å². The first-order chi connectivity index (χ1) is 13.9. The van der Waals surface area contributed by atoms with E-state index in [1.165, 1.54) is 11.3 Å². The van der Waals surface area contributed by atoms with Crippen LogP contribution in [0, 0.1) is 0 Å². The molecule has 0 amide bonds. The SMILES string of the molecule is CC(C)c1ccc2c(-c3ccc(OC4CCN(C)CC4)cc3)c(C(=O)O)sc2n1. The summed E-state index contributed by atoms with van der Waals surface area (Å²) in [6.07, 6.45) is 2.30. The van der Waals surface area contributed by atoms with Crippen LogP contribution in [0.3, 0.4) is 0 Å². The van der Waals surface area contributed by atoms with Crippen LogP contribution in [0.5, 0.6) is 5.75 Å². The van der Waals surface area contributed by atoms with Crippen molar-refractivity contribution in [3.8, 4) is 16.9 Å². The fraction of sp³-hybridized carbons (Fsp3) is 0.391. The fourth-order valence-electron chi connectivity index (χ4n) is 3.75. The van der Waals surface area contributed by atoms with E-state index in [1.807, 2.05) is 36.4 Å². The highest BCUT2D eigenvalue weighted by Gasteiger charge is 2.21. The molecule has 1 aromatic carbocycles. The Kier molecular flexibility index (Phi) is 5.56. The molecule has 0 aliphatic carbocycles. The lowest BCUT2D eigenvalue weighted by molar-refractivity contribution is 0.0703. The molecule has 3 heterocycles. The lowest BCUT2D eigenvalue weighted by Gasteiger charge is -2.29. The van der Waals surface area contributed by atoms with Crippen LogP contribution >= 0.6 is 11.3 Å². The van der Waals surface area contributed by atoms with E-state index in [0.29, 0.717) is 10.8 Å². The third-order valence-corrected chi connectivity index (χ3v) is 6.56. The summed E-state index contributed by atoms with van der Waals surface area (Å²) in [5, 5.41) is 10.6. The maximum Gasteiger partial charge on any atom is 0.346 e. The number of thiophene rings is 1. The Morgan fingerprint density at radius 2 is 1.86 bits per heavy atom. The van der Waals surface area contributed by atoms with Crippen LogP contribution in [0.4, 0.5) is 0 Å². The number of aromatic carboxylic acids is 1. The Morgan fingerprint density at radius 3 is 2.48 bits per heavy atom. The molecule has 5 nitrogen and oxygen atoms in total. The van der Waals surface area contributed by atoms with Gasteiger partial charge in [-0.3, -0.25) is 0 Å². The van der Waals surface area contributed by atoms with Gasteiger partial charge in [0.1, 0.15) is 21.6 Å². The van der Waals surface area contributed by atoms with E-state index in [4.69, 9.17) is 9.72 Å². The molecule has 1 aliphatic rings. The van der Waals surface area contributed by atoms with Crippen molar-refractivity contribution in [3.63, 3.8) is 0 Å². The highest BCUT2D eigenvalue weighted by atomic mass is 32.1. The van der Waals surface area contributed by atoms with E-state index < -0.39 is 5.97 Å². The standard InChI is InChI=1S/C23H26N2O3S/c1-14(2)19-9-8-18-20(21(23(26)27)29-22(18)24-19)15-4-6-16(7-5-15)28-17-10-12-25(3)13-11-17/h4-9,14,17H,10-13H2,1-3H3,(H,26,27). The van der Waals surface area contributed by atoms with Crippen molar-refractivity contribution in [2.75, 3.05) is 20.1 Å². The molecule has 0 unspecified atom stereocenters. The molecule has 6 heteroatoms. The predicted molar refractivity (Wildman–Crippen MR) is 117 cm³/mol. The van der Waals surface area contributed by atoms with Crippen LogP contribution in [0.15, 0.2) is 36.4 Å².